The zero-order chi connectivity index (χ0) is 18.1. The standard InChI is InChI=1S/C18H28N6O/c1-14-8-5-6-9-16(14)12-20-18(19-10-7-11-25-4)21-13-17-23-22-15(2)24(17)3/h5-6,8-9H,7,10-13H2,1-4H3,(H2,19,20,21). The zero-order valence-corrected chi connectivity index (χ0v) is 15.5. The van der Waals surface area contributed by atoms with Crippen LogP contribution in [0.25, 0.3) is 0 Å². The predicted molar refractivity (Wildman–Crippen MR) is 99.4 cm³/mol. The molecular formula is C18H28N6O. The number of nitrogens with zero attached hydrogens (tertiary/aromatic N) is 4. The number of hydrogen-bond donors (Lipinski definition) is 2. The summed E-state index contributed by atoms with van der Waals surface area (Å²) in [6.45, 7) is 6.76. The van der Waals surface area contributed by atoms with E-state index >= 15 is 0 Å². The number of guanidine groups is 1. The summed E-state index contributed by atoms with van der Waals surface area (Å²) in [6.07, 6.45) is 0.921. The molecule has 136 valence electrons. The quantitative estimate of drug-likeness (QED) is 0.433. The minimum absolute atomic E-state index is 0.571. The highest BCUT2D eigenvalue weighted by molar-refractivity contribution is 5.79. The Morgan fingerprint density at radius 2 is 2.00 bits per heavy atom. The van der Waals surface area contributed by atoms with Crippen molar-refractivity contribution in [3.8, 4) is 0 Å². The molecule has 0 radical (unpaired) electrons. The van der Waals surface area contributed by atoms with Gasteiger partial charge in [-0.3, -0.25) is 0 Å². The van der Waals surface area contributed by atoms with Gasteiger partial charge >= 0.3 is 0 Å². The summed E-state index contributed by atoms with van der Waals surface area (Å²) < 4.78 is 7.06. The molecule has 1 aromatic carbocycles. The van der Waals surface area contributed by atoms with Crippen LogP contribution in [0.4, 0.5) is 0 Å². The fourth-order valence-corrected chi connectivity index (χ4v) is 2.32. The Kier molecular flexibility index (Phi) is 7.40. The fraction of sp³-hybridized carbons (Fsp3) is 0.500. The molecule has 7 heteroatoms. The van der Waals surface area contributed by atoms with E-state index in [0.717, 1.165) is 37.2 Å². The Labute approximate surface area is 149 Å². The van der Waals surface area contributed by atoms with E-state index in [1.165, 1.54) is 11.1 Å². The van der Waals surface area contributed by atoms with Crippen LogP contribution in [0.1, 0.15) is 29.2 Å². The Hall–Kier alpha value is -2.41. The number of methoxy groups -OCH3 is 1. The molecule has 0 saturated carbocycles. The number of aromatic nitrogens is 3. The smallest absolute Gasteiger partial charge is 0.191 e. The molecule has 0 aliphatic carbocycles. The molecule has 1 heterocycles. The van der Waals surface area contributed by atoms with Gasteiger partial charge in [0.25, 0.3) is 0 Å². The lowest BCUT2D eigenvalue weighted by atomic mass is 10.1. The molecule has 1 aromatic heterocycles. The Bertz CT molecular complexity index is 695. The average Bonchev–Trinajstić information content (AvgIpc) is 2.93. The van der Waals surface area contributed by atoms with Crippen LogP contribution in [0.5, 0.6) is 0 Å². The van der Waals surface area contributed by atoms with Crippen LogP contribution in [-0.2, 0) is 24.9 Å². The molecule has 0 bridgehead atoms. The lowest BCUT2D eigenvalue weighted by Crippen LogP contribution is -2.38. The average molecular weight is 344 g/mol. The topological polar surface area (TPSA) is 76.4 Å². The largest absolute Gasteiger partial charge is 0.385 e. The van der Waals surface area contributed by atoms with E-state index in [1.54, 1.807) is 7.11 Å². The van der Waals surface area contributed by atoms with Gasteiger partial charge in [0.15, 0.2) is 11.8 Å². The molecule has 0 aliphatic heterocycles. The van der Waals surface area contributed by atoms with Crippen LogP contribution < -0.4 is 10.6 Å². The molecule has 0 atom stereocenters. The molecule has 2 rings (SSSR count). The van der Waals surface area contributed by atoms with Crippen LogP contribution in [0.2, 0.25) is 0 Å². The van der Waals surface area contributed by atoms with E-state index in [1.807, 2.05) is 30.7 Å². The lowest BCUT2D eigenvalue weighted by Gasteiger charge is -2.13. The van der Waals surface area contributed by atoms with Crippen molar-refractivity contribution in [2.75, 3.05) is 20.3 Å². The van der Waals surface area contributed by atoms with E-state index < -0.39 is 0 Å². The van der Waals surface area contributed by atoms with Crippen LogP contribution in [0.3, 0.4) is 0 Å². The zero-order valence-electron chi connectivity index (χ0n) is 15.5. The van der Waals surface area contributed by atoms with Gasteiger partial charge in [0.1, 0.15) is 5.82 Å². The predicted octanol–water partition coefficient (Wildman–Crippen LogP) is 1.70. The first-order chi connectivity index (χ1) is 12.1. The second-order valence-corrected chi connectivity index (χ2v) is 5.94. The maximum absolute atomic E-state index is 5.09. The first kappa shape index (κ1) is 18.9. The molecule has 0 amide bonds. The molecule has 25 heavy (non-hydrogen) atoms. The maximum atomic E-state index is 5.09. The van der Waals surface area contributed by atoms with Gasteiger partial charge in [0, 0.05) is 27.3 Å². The van der Waals surface area contributed by atoms with E-state index in [-0.39, 0.29) is 0 Å². The van der Waals surface area contributed by atoms with Gasteiger partial charge < -0.3 is 19.9 Å². The van der Waals surface area contributed by atoms with E-state index in [4.69, 9.17) is 9.73 Å². The monoisotopic (exact) mass is 344 g/mol. The first-order valence-corrected chi connectivity index (χ1v) is 8.52. The lowest BCUT2D eigenvalue weighted by molar-refractivity contribution is 0.195. The third kappa shape index (κ3) is 5.86. The second-order valence-electron chi connectivity index (χ2n) is 5.94. The van der Waals surface area contributed by atoms with E-state index in [9.17, 15) is 0 Å². The molecule has 7 nitrogen and oxygen atoms in total. The highest BCUT2D eigenvalue weighted by atomic mass is 16.5. The third-order valence-corrected chi connectivity index (χ3v) is 4.08. The minimum atomic E-state index is 0.571. The highest BCUT2D eigenvalue weighted by Gasteiger charge is 2.06. The van der Waals surface area contributed by atoms with Crippen molar-refractivity contribution in [2.24, 2.45) is 12.0 Å². The van der Waals surface area contributed by atoms with Gasteiger partial charge in [-0.15, -0.1) is 10.2 Å². The molecule has 0 spiro atoms. The number of aliphatic imine (C=N–C) groups is 1. The number of aryl methyl sites for hydroxylation is 2. The summed E-state index contributed by atoms with van der Waals surface area (Å²) >= 11 is 0. The molecule has 2 aromatic rings. The number of ether oxygens (including phenoxy) is 1. The van der Waals surface area contributed by atoms with Gasteiger partial charge in [-0.05, 0) is 31.4 Å². The highest BCUT2D eigenvalue weighted by Crippen LogP contribution is 2.08. The van der Waals surface area contributed by atoms with E-state index in [0.29, 0.717) is 13.1 Å². The summed E-state index contributed by atoms with van der Waals surface area (Å²) in [5.41, 5.74) is 2.46. The van der Waals surface area contributed by atoms with Crippen molar-refractivity contribution in [1.82, 2.24) is 25.4 Å². The molecule has 0 unspecified atom stereocenters. The van der Waals surface area contributed by atoms with Gasteiger partial charge in [-0.25, -0.2) is 4.99 Å². The number of hydrogen-bond acceptors (Lipinski definition) is 4. The summed E-state index contributed by atoms with van der Waals surface area (Å²) in [5, 5.41) is 14.9. The Morgan fingerprint density at radius 3 is 2.68 bits per heavy atom. The Balaban J connectivity index is 1.99. The van der Waals surface area contributed by atoms with Crippen LogP contribution in [0.15, 0.2) is 29.3 Å². The first-order valence-electron chi connectivity index (χ1n) is 8.52. The van der Waals surface area contributed by atoms with Crippen molar-refractivity contribution >= 4 is 5.96 Å². The molecule has 2 N–H and O–H groups in total. The van der Waals surface area contributed by atoms with Crippen molar-refractivity contribution in [3.63, 3.8) is 0 Å². The Morgan fingerprint density at radius 1 is 1.20 bits per heavy atom. The van der Waals surface area contributed by atoms with Crippen LogP contribution in [0, 0.1) is 13.8 Å². The number of nitrogens with one attached hydrogen (secondary N) is 2. The van der Waals surface area contributed by atoms with Crippen LogP contribution >= 0.6 is 0 Å². The van der Waals surface area contributed by atoms with Crippen molar-refractivity contribution in [3.05, 3.63) is 47.0 Å². The number of rotatable bonds is 8. The maximum Gasteiger partial charge on any atom is 0.191 e. The van der Waals surface area contributed by atoms with Gasteiger partial charge in [-0.2, -0.15) is 0 Å². The fourth-order valence-electron chi connectivity index (χ4n) is 2.32. The van der Waals surface area contributed by atoms with Crippen LogP contribution in [-0.4, -0.2) is 41.0 Å². The summed E-state index contributed by atoms with van der Waals surface area (Å²) in [7, 11) is 3.67. The second kappa shape index (κ2) is 9.78. The normalized spacial score (nSPS) is 11.6. The SMILES string of the molecule is COCCCNC(=NCc1ccccc1C)NCc1nnc(C)n1C. The third-order valence-electron chi connectivity index (χ3n) is 4.08. The molecule has 0 saturated heterocycles. The molecular weight excluding hydrogens is 316 g/mol. The summed E-state index contributed by atoms with van der Waals surface area (Å²) in [6, 6.07) is 8.29. The van der Waals surface area contributed by atoms with Crippen molar-refractivity contribution in [1.29, 1.82) is 0 Å². The van der Waals surface area contributed by atoms with Gasteiger partial charge in [0.05, 0.1) is 13.1 Å². The van der Waals surface area contributed by atoms with Gasteiger partial charge in [-0.1, -0.05) is 24.3 Å². The van der Waals surface area contributed by atoms with Gasteiger partial charge in [0.2, 0.25) is 0 Å². The molecule has 0 aliphatic rings. The minimum Gasteiger partial charge on any atom is -0.385 e. The number of benzene rings is 1. The van der Waals surface area contributed by atoms with Crippen molar-refractivity contribution in [2.45, 2.75) is 33.4 Å². The molecule has 0 fully saturated rings. The summed E-state index contributed by atoms with van der Waals surface area (Å²) in [4.78, 5) is 4.70. The summed E-state index contributed by atoms with van der Waals surface area (Å²) in [5.74, 6) is 2.53. The van der Waals surface area contributed by atoms with E-state index in [2.05, 4.69) is 39.9 Å². The van der Waals surface area contributed by atoms with Crippen molar-refractivity contribution < 1.29 is 4.74 Å².